The van der Waals surface area contributed by atoms with Crippen LogP contribution in [0, 0.1) is 5.92 Å². The monoisotopic (exact) mass is 289 g/mol. The first kappa shape index (κ1) is 15.3. The van der Waals surface area contributed by atoms with Gasteiger partial charge in [-0.05, 0) is 37.6 Å². The van der Waals surface area contributed by atoms with Gasteiger partial charge in [0.05, 0.1) is 5.92 Å². The molecule has 0 spiro atoms. The second-order valence-corrected chi connectivity index (χ2v) is 4.98. The highest BCUT2D eigenvalue weighted by atomic mass is 35.5. The lowest BCUT2D eigenvalue weighted by molar-refractivity contribution is -0.141. The average Bonchev–Trinajstić information content (AvgIpc) is 2.78. The summed E-state index contributed by atoms with van der Waals surface area (Å²) in [4.78, 5) is 13.1. The highest BCUT2D eigenvalue weighted by molar-refractivity contribution is 6.30. The fraction of sp³-hybridized carbons (Fsp3) is 0.462. The summed E-state index contributed by atoms with van der Waals surface area (Å²) in [6.07, 6.45) is 0.743. The van der Waals surface area contributed by atoms with Crippen molar-refractivity contribution < 1.29 is 9.90 Å². The van der Waals surface area contributed by atoms with E-state index in [1.54, 1.807) is 0 Å². The van der Waals surface area contributed by atoms with Crippen LogP contribution in [0.4, 0.5) is 0 Å². The van der Waals surface area contributed by atoms with E-state index < -0.39 is 5.97 Å². The van der Waals surface area contributed by atoms with E-state index in [1.807, 2.05) is 24.3 Å². The molecule has 1 heterocycles. The zero-order chi connectivity index (χ0) is 12.4. The maximum absolute atomic E-state index is 10.9. The zero-order valence-electron chi connectivity index (χ0n) is 10.2. The second kappa shape index (κ2) is 6.41. The van der Waals surface area contributed by atoms with Crippen molar-refractivity contribution in [3.63, 3.8) is 0 Å². The van der Waals surface area contributed by atoms with E-state index >= 15 is 0 Å². The fourth-order valence-electron chi connectivity index (χ4n) is 2.29. The molecule has 1 N–H and O–H groups in total. The molecule has 2 rings (SSSR count). The van der Waals surface area contributed by atoms with Crippen molar-refractivity contribution in [1.29, 1.82) is 0 Å². The number of halogens is 2. The first-order valence-corrected chi connectivity index (χ1v) is 6.18. The lowest BCUT2D eigenvalue weighted by Gasteiger charge is -2.24. The smallest absolute Gasteiger partial charge is 0.307 e. The summed E-state index contributed by atoms with van der Waals surface area (Å²) in [5.41, 5.74) is 1.18. The largest absolute Gasteiger partial charge is 0.481 e. The Hall–Kier alpha value is -0.770. The van der Waals surface area contributed by atoms with Crippen LogP contribution in [0.3, 0.4) is 0 Å². The van der Waals surface area contributed by atoms with Crippen LogP contribution in [-0.2, 0) is 4.79 Å². The number of aliphatic carboxylic acids is 1. The Bertz CT molecular complexity index is 408. The van der Waals surface area contributed by atoms with Crippen molar-refractivity contribution in [3.05, 3.63) is 34.9 Å². The number of carboxylic acids is 1. The molecule has 0 bridgehead atoms. The van der Waals surface area contributed by atoms with Crippen molar-refractivity contribution >= 4 is 30.0 Å². The number of benzene rings is 1. The Morgan fingerprint density at radius 1 is 1.44 bits per heavy atom. The Balaban J connectivity index is 0.00000162. The van der Waals surface area contributed by atoms with Crippen molar-refractivity contribution in [2.45, 2.75) is 19.4 Å². The van der Waals surface area contributed by atoms with E-state index in [-0.39, 0.29) is 24.4 Å². The Morgan fingerprint density at radius 3 is 2.56 bits per heavy atom. The van der Waals surface area contributed by atoms with Gasteiger partial charge >= 0.3 is 5.97 Å². The molecule has 1 fully saturated rings. The van der Waals surface area contributed by atoms with Crippen LogP contribution in [0.15, 0.2) is 24.3 Å². The van der Waals surface area contributed by atoms with E-state index in [9.17, 15) is 4.79 Å². The molecule has 1 aromatic carbocycles. The first-order chi connectivity index (χ1) is 8.08. The lowest BCUT2D eigenvalue weighted by atomic mass is 10.1. The molecule has 0 aromatic heterocycles. The molecule has 0 aliphatic carbocycles. The molecule has 1 saturated heterocycles. The van der Waals surface area contributed by atoms with Gasteiger partial charge in [0.2, 0.25) is 0 Å². The average molecular weight is 290 g/mol. The second-order valence-electron chi connectivity index (χ2n) is 4.55. The van der Waals surface area contributed by atoms with Crippen LogP contribution in [0.5, 0.6) is 0 Å². The van der Waals surface area contributed by atoms with E-state index in [2.05, 4.69) is 11.8 Å². The standard InChI is InChI=1S/C13H16ClNO2.ClH/c1-9(10-2-4-12(14)5-3-10)15-7-6-11(8-15)13(16)17;/h2-5,9,11H,6-8H2,1H3,(H,16,17);1H. The molecular weight excluding hydrogens is 273 g/mol. The molecule has 0 radical (unpaired) electrons. The van der Waals surface area contributed by atoms with Gasteiger partial charge in [0.15, 0.2) is 0 Å². The summed E-state index contributed by atoms with van der Waals surface area (Å²) in [5.74, 6) is -0.902. The molecule has 0 amide bonds. The minimum Gasteiger partial charge on any atom is -0.481 e. The molecule has 1 aromatic rings. The first-order valence-electron chi connectivity index (χ1n) is 5.80. The summed E-state index contributed by atoms with van der Waals surface area (Å²) < 4.78 is 0. The molecule has 100 valence electrons. The van der Waals surface area contributed by atoms with Crippen LogP contribution in [0.2, 0.25) is 5.02 Å². The number of likely N-dealkylation sites (tertiary alicyclic amines) is 1. The van der Waals surface area contributed by atoms with Crippen molar-refractivity contribution in [2.75, 3.05) is 13.1 Å². The normalized spacial score (nSPS) is 21.3. The summed E-state index contributed by atoms with van der Waals surface area (Å²) in [7, 11) is 0. The zero-order valence-corrected chi connectivity index (χ0v) is 11.7. The fourth-order valence-corrected chi connectivity index (χ4v) is 2.42. The van der Waals surface area contributed by atoms with Crippen molar-refractivity contribution in [2.24, 2.45) is 5.92 Å². The van der Waals surface area contributed by atoms with Gasteiger partial charge in [-0.1, -0.05) is 23.7 Å². The summed E-state index contributed by atoms with van der Waals surface area (Å²) in [6, 6.07) is 8.00. The van der Waals surface area contributed by atoms with Gasteiger partial charge in [-0.15, -0.1) is 12.4 Å². The highest BCUT2D eigenvalue weighted by Gasteiger charge is 2.30. The molecule has 1 aliphatic rings. The topological polar surface area (TPSA) is 40.5 Å². The van der Waals surface area contributed by atoms with Gasteiger partial charge in [-0.3, -0.25) is 9.69 Å². The van der Waals surface area contributed by atoms with Crippen molar-refractivity contribution in [1.82, 2.24) is 4.90 Å². The van der Waals surface area contributed by atoms with Crippen LogP contribution < -0.4 is 0 Å². The SMILES string of the molecule is CC(c1ccc(Cl)cc1)N1CCC(C(=O)O)C1.Cl. The van der Waals surface area contributed by atoms with Gasteiger partial charge in [0, 0.05) is 17.6 Å². The predicted molar refractivity (Wildman–Crippen MR) is 74.4 cm³/mol. The van der Waals surface area contributed by atoms with E-state index in [4.69, 9.17) is 16.7 Å². The molecule has 3 nitrogen and oxygen atoms in total. The third-order valence-electron chi connectivity index (χ3n) is 3.47. The van der Waals surface area contributed by atoms with Crippen LogP contribution in [0.25, 0.3) is 0 Å². The molecular formula is C13H17Cl2NO2. The van der Waals surface area contributed by atoms with Gasteiger partial charge in [-0.25, -0.2) is 0 Å². The minimum atomic E-state index is -0.684. The maximum atomic E-state index is 10.9. The number of rotatable bonds is 3. The number of nitrogens with zero attached hydrogens (tertiary/aromatic N) is 1. The third-order valence-corrected chi connectivity index (χ3v) is 3.72. The van der Waals surface area contributed by atoms with E-state index in [0.717, 1.165) is 18.0 Å². The van der Waals surface area contributed by atoms with E-state index in [1.165, 1.54) is 5.56 Å². The van der Waals surface area contributed by atoms with Gasteiger partial charge in [-0.2, -0.15) is 0 Å². The highest BCUT2D eigenvalue weighted by Crippen LogP contribution is 2.28. The van der Waals surface area contributed by atoms with Gasteiger partial charge in [0.1, 0.15) is 0 Å². The quantitative estimate of drug-likeness (QED) is 0.929. The molecule has 1 aliphatic heterocycles. The van der Waals surface area contributed by atoms with Crippen LogP contribution >= 0.6 is 24.0 Å². The molecule has 5 heteroatoms. The minimum absolute atomic E-state index is 0. The maximum Gasteiger partial charge on any atom is 0.307 e. The number of carbonyl (C=O) groups is 1. The van der Waals surface area contributed by atoms with Crippen LogP contribution in [-0.4, -0.2) is 29.1 Å². The summed E-state index contributed by atoms with van der Waals surface area (Å²) in [6.45, 7) is 3.59. The van der Waals surface area contributed by atoms with Gasteiger partial charge < -0.3 is 5.11 Å². The number of carboxylic acid groups (broad SMARTS) is 1. The molecule has 0 saturated carbocycles. The summed E-state index contributed by atoms with van der Waals surface area (Å²) >= 11 is 5.85. The number of hydrogen-bond donors (Lipinski definition) is 1. The molecule has 2 unspecified atom stereocenters. The Morgan fingerprint density at radius 2 is 2.06 bits per heavy atom. The number of hydrogen-bond acceptors (Lipinski definition) is 2. The molecule has 18 heavy (non-hydrogen) atoms. The van der Waals surface area contributed by atoms with E-state index in [0.29, 0.717) is 6.54 Å². The lowest BCUT2D eigenvalue weighted by Crippen LogP contribution is -2.26. The summed E-state index contributed by atoms with van der Waals surface area (Å²) in [5, 5.41) is 9.70. The Kier molecular flexibility index (Phi) is 5.45. The van der Waals surface area contributed by atoms with Crippen molar-refractivity contribution in [3.8, 4) is 0 Å². The predicted octanol–water partition coefficient (Wildman–Crippen LogP) is 3.23. The third kappa shape index (κ3) is 3.37. The molecule has 2 atom stereocenters. The van der Waals surface area contributed by atoms with Crippen LogP contribution in [0.1, 0.15) is 24.9 Å². The van der Waals surface area contributed by atoms with Gasteiger partial charge in [0.25, 0.3) is 0 Å². The Labute approximate surface area is 118 Å².